The van der Waals surface area contributed by atoms with Crippen LogP contribution in [0.5, 0.6) is 0 Å². The fourth-order valence-electron chi connectivity index (χ4n) is 2.10. The molecule has 0 bridgehead atoms. The minimum atomic E-state index is -1.72. The second-order valence-electron chi connectivity index (χ2n) is 4.87. The zero-order chi connectivity index (χ0) is 17.7. The standard InChI is InChI=1S/C17H13ClO6/c18-12-8-6-11(7-9-12)14(16(21)22)24-17(23)13(15(19)20)10-4-2-1-3-5-10/h1-9,13-14H,(H,19,20)(H,21,22)/p-1. The molecule has 2 unspecified atom stereocenters. The van der Waals surface area contributed by atoms with E-state index in [4.69, 9.17) is 16.3 Å². The predicted molar refractivity (Wildman–Crippen MR) is 82.1 cm³/mol. The third-order valence-corrected chi connectivity index (χ3v) is 3.49. The fourth-order valence-corrected chi connectivity index (χ4v) is 2.22. The number of hydrogen-bond donors (Lipinski definition) is 1. The summed E-state index contributed by atoms with van der Waals surface area (Å²) in [6.07, 6.45) is -1.65. The molecule has 2 aromatic carbocycles. The van der Waals surface area contributed by atoms with Crippen molar-refractivity contribution in [3.8, 4) is 0 Å². The highest BCUT2D eigenvalue weighted by molar-refractivity contribution is 6.30. The smallest absolute Gasteiger partial charge is 0.349 e. The van der Waals surface area contributed by atoms with Crippen LogP contribution >= 0.6 is 11.6 Å². The maximum atomic E-state index is 12.2. The van der Waals surface area contributed by atoms with Crippen molar-refractivity contribution in [3.63, 3.8) is 0 Å². The van der Waals surface area contributed by atoms with E-state index in [-0.39, 0.29) is 11.1 Å². The molecule has 0 heterocycles. The van der Waals surface area contributed by atoms with Crippen LogP contribution in [0.3, 0.4) is 0 Å². The Balaban J connectivity index is 2.27. The fraction of sp³-hybridized carbons (Fsp3) is 0.118. The molecule has 0 fully saturated rings. The zero-order valence-corrected chi connectivity index (χ0v) is 13.0. The first-order valence-electron chi connectivity index (χ1n) is 6.84. The molecule has 0 radical (unpaired) electrons. The Labute approximate surface area is 142 Å². The average molecular weight is 348 g/mol. The van der Waals surface area contributed by atoms with Gasteiger partial charge in [0.2, 0.25) is 6.10 Å². The molecule has 0 aliphatic carbocycles. The molecule has 0 saturated carbocycles. The number of hydrogen-bond acceptors (Lipinski definition) is 5. The number of benzene rings is 2. The Morgan fingerprint density at radius 1 is 0.958 bits per heavy atom. The lowest BCUT2D eigenvalue weighted by Gasteiger charge is -2.20. The lowest BCUT2D eigenvalue weighted by atomic mass is 9.99. The topological polar surface area (TPSA) is 104 Å². The van der Waals surface area contributed by atoms with Crippen LogP contribution in [0.15, 0.2) is 54.6 Å². The molecule has 24 heavy (non-hydrogen) atoms. The van der Waals surface area contributed by atoms with Gasteiger partial charge in [-0.2, -0.15) is 0 Å². The molecule has 2 aromatic rings. The second-order valence-corrected chi connectivity index (χ2v) is 5.31. The summed E-state index contributed by atoms with van der Waals surface area (Å²) in [4.78, 5) is 34.9. The third-order valence-electron chi connectivity index (χ3n) is 3.24. The first kappa shape index (κ1) is 17.5. The maximum Gasteiger partial charge on any atom is 0.349 e. The van der Waals surface area contributed by atoms with E-state index < -0.39 is 29.9 Å². The van der Waals surface area contributed by atoms with Gasteiger partial charge >= 0.3 is 11.9 Å². The number of carboxylic acids is 2. The number of esters is 1. The molecule has 0 aliphatic rings. The highest BCUT2D eigenvalue weighted by Crippen LogP contribution is 2.24. The minimum absolute atomic E-state index is 0.141. The predicted octanol–water partition coefficient (Wildman–Crippen LogP) is 1.54. The number of rotatable bonds is 6. The lowest BCUT2D eigenvalue weighted by Crippen LogP contribution is -2.36. The van der Waals surface area contributed by atoms with E-state index in [1.165, 1.54) is 36.4 Å². The normalized spacial score (nSPS) is 12.9. The van der Waals surface area contributed by atoms with Crippen LogP contribution < -0.4 is 5.11 Å². The Bertz CT molecular complexity index is 741. The summed E-state index contributed by atoms with van der Waals surface area (Å²) >= 11 is 5.73. The molecule has 0 saturated heterocycles. The lowest BCUT2D eigenvalue weighted by molar-refractivity contribution is -0.307. The molecule has 2 rings (SSSR count). The van der Waals surface area contributed by atoms with Gasteiger partial charge in [0.25, 0.3) is 0 Å². The van der Waals surface area contributed by atoms with Crippen LogP contribution in [0.25, 0.3) is 0 Å². The van der Waals surface area contributed by atoms with Crippen LogP contribution in [0.2, 0.25) is 5.02 Å². The van der Waals surface area contributed by atoms with Gasteiger partial charge < -0.3 is 19.7 Å². The van der Waals surface area contributed by atoms with Gasteiger partial charge in [0.15, 0.2) is 0 Å². The summed E-state index contributed by atoms with van der Waals surface area (Å²) in [6.45, 7) is 0. The van der Waals surface area contributed by atoms with Crippen LogP contribution in [0.1, 0.15) is 23.1 Å². The van der Waals surface area contributed by atoms with Crippen molar-refractivity contribution < 1.29 is 29.3 Å². The van der Waals surface area contributed by atoms with E-state index in [1.54, 1.807) is 18.2 Å². The Morgan fingerprint density at radius 3 is 2.04 bits per heavy atom. The quantitative estimate of drug-likeness (QED) is 0.628. The summed E-state index contributed by atoms with van der Waals surface area (Å²) in [5.74, 6) is -6.05. The monoisotopic (exact) mass is 347 g/mol. The van der Waals surface area contributed by atoms with Gasteiger partial charge in [-0.25, -0.2) is 4.79 Å². The van der Waals surface area contributed by atoms with Crippen LogP contribution in [-0.2, 0) is 19.1 Å². The van der Waals surface area contributed by atoms with Crippen molar-refractivity contribution in [2.75, 3.05) is 0 Å². The SMILES string of the molecule is O=C(O)C(OC(=O)C(C(=O)[O-])c1ccccc1)c1ccc(Cl)cc1. The summed E-state index contributed by atoms with van der Waals surface area (Å²) in [7, 11) is 0. The molecule has 1 N–H and O–H groups in total. The Hall–Kier alpha value is -2.86. The largest absolute Gasteiger partial charge is 0.549 e. The van der Waals surface area contributed by atoms with Crippen LogP contribution in [0.4, 0.5) is 0 Å². The molecule has 0 spiro atoms. The van der Waals surface area contributed by atoms with Crippen LogP contribution in [0, 0.1) is 0 Å². The Morgan fingerprint density at radius 2 is 1.54 bits per heavy atom. The van der Waals surface area contributed by atoms with Gasteiger partial charge in [0, 0.05) is 10.6 Å². The molecule has 0 aromatic heterocycles. The van der Waals surface area contributed by atoms with E-state index in [2.05, 4.69) is 0 Å². The van der Waals surface area contributed by atoms with E-state index in [9.17, 15) is 24.6 Å². The van der Waals surface area contributed by atoms with Crippen molar-refractivity contribution in [1.29, 1.82) is 0 Å². The van der Waals surface area contributed by atoms with E-state index in [0.29, 0.717) is 5.02 Å². The van der Waals surface area contributed by atoms with Crippen LogP contribution in [-0.4, -0.2) is 23.0 Å². The molecule has 0 aliphatic heterocycles. The number of carbonyl (C=O) groups excluding carboxylic acids is 2. The van der Waals surface area contributed by atoms with Crippen molar-refractivity contribution in [2.24, 2.45) is 0 Å². The first-order valence-corrected chi connectivity index (χ1v) is 7.22. The maximum absolute atomic E-state index is 12.2. The van der Waals surface area contributed by atoms with Gasteiger partial charge in [0.05, 0.1) is 5.97 Å². The third kappa shape index (κ3) is 4.11. The molecular formula is C17H12ClO6-. The summed E-state index contributed by atoms with van der Waals surface area (Å²) < 4.78 is 4.91. The molecule has 0 amide bonds. The second kappa shape index (κ2) is 7.61. The number of halogens is 1. The molecule has 6 nitrogen and oxygen atoms in total. The number of ether oxygens (including phenoxy) is 1. The zero-order valence-electron chi connectivity index (χ0n) is 12.2. The highest BCUT2D eigenvalue weighted by Gasteiger charge is 2.30. The summed E-state index contributed by atoms with van der Waals surface area (Å²) in [5.41, 5.74) is 0.299. The van der Waals surface area contributed by atoms with Gasteiger partial charge in [-0.05, 0) is 17.7 Å². The average Bonchev–Trinajstić information content (AvgIpc) is 2.54. The van der Waals surface area contributed by atoms with E-state index in [0.717, 1.165) is 0 Å². The van der Waals surface area contributed by atoms with E-state index in [1.807, 2.05) is 0 Å². The number of carboxylic acid groups (broad SMARTS) is 2. The van der Waals surface area contributed by atoms with Crippen molar-refractivity contribution in [2.45, 2.75) is 12.0 Å². The molecular weight excluding hydrogens is 336 g/mol. The first-order chi connectivity index (χ1) is 11.4. The molecule has 2 atom stereocenters. The summed E-state index contributed by atoms with van der Waals surface area (Å²) in [5, 5.41) is 20.9. The van der Waals surface area contributed by atoms with Gasteiger partial charge in [0.1, 0.15) is 5.92 Å². The summed E-state index contributed by atoms with van der Waals surface area (Å²) in [6, 6.07) is 13.2. The van der Waals surface area contributed by atoms with Gasteiger partial charge in [-0.1, -0.05) is 54.1 Å². The van der Waals surface area contributed by atoms with E-state index >= 15 is 0 Å². The number of carbonyl (C=O) groups is 3. The molecule has 124 valence electrons. The van der Waals surface area contributed by atoms with Crippen molar-refractivity contribution >= 4 is 29.5 Å². The van der Waals surface area contributed by atoms with Crippen molar-refractivity contribution in [3.05, 3.63) is 70.7 Å². The van der Waals surface area contributed by atoms with Gasteiger partial charge in [-0.3, -0.25) is 4.79 Å². The Kier molecular flexibility index (Phi) is 5.55. The van der Waals surface area contributed by atoms with Crippen molar-refractivity contribution in [1.82, 2.24) is 0 Å². The van der Waals surface area contributed by atoms with Gasteiger partial charge in [-0.15, -0.1) is 0 Å². The number of aliphatic carboxylic acids is 2. The molecule has 7 heteroatoms. The minimum Gasteiger partial charge on any atom is -0.549 e. The highest BCUT2D eigenvalue weighted by atomic mass is 35.5.